The van der Waals surface area contributed by atoms with E-state index in [0.717, 1.165) is 25.9 Å². The first-order valence-corrected chi connectivity index (χ1v) is 13.9. The molecule has 0 bridgehead atoms. The quantitative estimate of drug-likeness (QED) is 0.306. The Morgan fingerprint density at radius 2 is 1.94 bits per heavy atom. The fourth-order valence-corrected chi connectivity index (χ4v) is 6.62. The molecule has 1 saturated heterocycles. The Hall–Kier alpha value is -2.16. The summed E-state index contributed by atoms with van der Waals surface area (Å²) in [7, 11) is 0. The molecular weight excluding hydrogens is 464 g/mol. The zero-order valence-electron chi connectivity index (χ0n) is 20.4. The van der Waals surface area contributed by atoms with E-state index in [1.807, 2.05) is 35.2 Å². The van der Waals surface area contributed by atoms with Crippen molar-refractivity contribution in [2.24, 2.45) is 0 Å². The number of amides is 1. The molecule has 0 spiro atoms. The molecule has 34 heavy (non-hydrogen) atoms. The number of thiophene rings is 1. The fraction of sp³-hybridized carbons (Fsp3) is 0.500. The molecule has 8 heteroatoms. The highest BCUT2D eigenvalue weighted by atomic mass is 32.2. The molecule has 0 radical (unpaired) electrons. The molecule has 0 aliphatic carbocycles. The van der Waals surface area contributed by atoms with Crippen molar-refractivity contribution in [2.75, 3.05) is 18.8 Å². The summed E-state index contributed by atoms with van der Waals surface area (Å²) in [6.07, 6.45) is 2.04. The number of thioether (sulfide) groups is 1. The van der Waals surface area contributed by atoms with Gasteiger partial charge in [0.2, 0.25) is 5.91 Å². The van der Waals surface area contributed by atoms with Gasteiger partial charge in [-0.15, -0.1) is 11.3 Å². The van der Waals surface area contributed by atoms with Gasteiger partial charge in [-0.2, -0.15) is 0 Å². The van der Waals surface area contributed by atoms with Gasteiger partial charge in [-0.05, 0) is 64.1 Å². The third kappa shape index (κ3) is 5.39. The molecule has 1 atom stereocenters. The number of hydrogen-bond acceptors (Lipinski definition) is 6. The summed E-state index contributed by atoms with van der Waals surface area (Å²) in [5.74, 6) is 0.394. The van der Waals surface area contributed by atoms with E-state index in [4.69, 9.17) is 4.98 Å². The lowest BCUT2D eigenvalue weighted by atomic mass is 10.2. The number of carbonyl (C=O) groups is 1. The lowest BCUT2D eigenvalue weighted by Crippen LogP contribution is -2.40. The van der Waals surface area contributed by atoms with E-state index in [-0.39, 0.29) is 23.3 Å². The average Bonchev–Trinajstić information content (AvgIpc) is 3.50. The van der Waals surface area contributed by atoms with Crippen LogP contribution in [0.5, 0.6) is 0 Å². The average molecular weight is 499 g/mol. The first-order valence-electron chi connectivity index (χ1n) is 12.1. The number of rotatable bonds is 9. The molecular formula is C26H34N4O2S2. The van der Waals surface area contributed by atoms with Crippen LogP contribution < -0.4 is 5.56 Å². The molecule has 0 saturated carbocycles. The maximum absolute atomic E-state index is 13.4. The van der Waals surface area contributed by atoms with E-state index in [2.05, 4.69) is 44.0 Å². The highest BCUT2D eigenvalue weighted by Gasteiger charge is 2.30. The van der Waals surface area contributed by atoms with Gasteiger partial charge in [-0.1, -0.05) is 30.0 Å². The van der Waals surface area contributed by atoms with Gasteiger partial charge in [0.25, 0.3) is 5.56 Å². The third-order valence-electron chi connectivity index (χ3n) is 6.50. The number of para-hydroxylation sites is 1. The number of aromatic nitrogens is 2. The van der Waals surface area contributed by atoms with Gasteiger partial charge in [-0.3, -0.25) is 19.1 Å². The molecule has 4 rings (SSSR count). The molecule has 1 unspecified atom stereocenters. The maximum atomic E-state index is 13.4. The van der Waals surface area contributed by atoms with Gasteiger partial charge in [0.05, 0.1) is 22.7 Å². The minimum absolute atomic E-state index is 0.0364. The van der Waals surface area contributed by atoms with Crippen molar-refractivity contribution in [3.05, 3.63) is 57.0 Å². The van der Waals surface area contributed by atoms with E-state index in [1.165, 1.54) is 16.6 Å². The molecule has 3 aromatic rings. The van der Waals surface area contributed by atoms with Crippen LogP contribution in [0, 0.1) is 0 Å². The summed E-state index contributed by atoms with van der Waals surface area (Å²) in [6.45, 7) is 10.8. The van der Waals surface area contributed by atoms with Crippen LogP contribution in [-0.4, -0.2) is 56.2 Å². The third-order valence-corrected chi connectivity index (χ3v) is 8.44. The Bertz CT molecular complexity index is 1170. The van der Waals surface area contributed by atoms with Crippen LogP contribution in [0.15, 0.2) is 51.7 Å². The van der Waals surface area contributed by atoms with Crippen LogP contribution in [0.2, 0.25) is 0 Å². The smallest absolute Gasteiger partial charge is 0.262 e. The van der Waals surface area contributed by atoms with Gasteiger partial charge >= 0.3 is 0 Å². The Labute approximate surface area is 210 Å². The lowest BCUT2D eigenvalue weighted by Gasteiger charge is -2.31. The Morgan fingerprint density at radius 1 is 1.18 bits per heavy atom. The van der Waals surface area contributed by atoms with Crippen LogP contribution in [0.25, 0.3) is 10.9 Å². The van der Waals surface area contributed by atoms with Gasteiger partial charge in [0, 0.05) is 36.6 Å². The second-order valence-corrected chi connectivity index (χ2v) is 11.3. The topological polar surface area (TPSA) is 58.4 Å². The van der Waals surface area contributed by atoms with Crippen molar-refractivity contribution < 1.29 is 4.79 Å². The van der Waals surface area contributed by atoms with Crippen LogP contribution in [-0.2, 0) is 11.3 Å². The van der Waals surface area contributed by atoms with Crippen molar-refractivity contribution in [1.82, 2.24) is 19.4 Å². The van der Waals surface area contributed by atoms with Crippen molar-refractivity contribution in [3.8, 4) is 0 Å². The SMILES string of the molecule is CC(C)N(CCn1c(SCC(=O)N2CCCC2c2cccs2)nc2ccccc2c1=O)C(C)C. The first kappa shape index (κ1) is 24.9. The highest BCUT2D eigenvalue weighted by Crippen LogP contribution is 2.35. The minimum atomic E-state index is -0.0364. The van der Waals surface area contributed by atoms with Crippen LogP contribution in [0.3, 0.4) is 0 Å². The molecule has 1 aromatic carbocycles. The zero-order valence-corrected chi connectivity index (χ0v) is 22.1. The van der Waals surface area contributed by atoms with Gasteiger partial charge in [0.1, 0.15) is 0 Å². The Morgan fingerprint density at radius 3 is 2.65 bits per heavy atom. The molecule has 1 fully saturated rings. The highest BCUT2D eigenvalue weighted by molar-refractivity contribution is 7.99. The van der Waals surface area contributed by atoms with Gasteiger partial charge in [0.15, 0.2) is 5.16 Å². The molecule has 2 aromatic heterocycles. The summed E-state index contributed by atoms with van der Waals surface area (Å²) in [4.78, 5) is 37.1. The van der Waals surface area contributed by atoms with Crippen molar-refractivity contribution >= 4 is 39.9 Å². The molecule has 3 heterocycles. The summed E-state index contributed by atoms with van der Waals surface area (Å²) in [5, 5.41) is 3.31. The number of carbonyl (C=O) groups excluding carboxylic acids is 1. The first-order chi connectivity index (χ1) is 16.4. The monoisotopic (exact) mass is 498 g/mol. The summed E-state index contributed by atoms with van der Waals surface area (Å²) in [6, 6.07) is 12.6. The van der Waals surface area contributed by atoms with E-state index < -0.39 is 0 Å². The number of benzene rings is 1. The summed E-state index contributed by atoms with van der Waals surface area (Å²) < 4.78 is 1.76. The van der Waals surface area contributed by atoms with Gasteiger partial charge < -0.3 is 4.90 Å². The minimum Gasteiger partial charge on any atom is -0.334 e. The normalized spacial score (nSPS) is 16.4. The fourth-order valence-electron chi connectivity index (χ4n) is 4.83. The second kappa shape index (κ2) is 11.1. The van der Waals surface area contributed by atoms with Gasteiger partial charge in [-0.25, -0.2) is 4.98 Å². The number of fused-ring (bicyclic) bond motifs is 1. The van der Waals surface area contributed by atoms with Crippen LogP contribution in [0.4, 0.5) is 0 Å². The van der Waals surface area contributed by atoms with E-state index in [1.54, 1.807) is 15.9 Å². The van der Waals surface area contributed by atoms with E-state index in [0.29, 0.717) is 34.7 Å². The predicted octanol–water partition coefficient (Wildman–Crippen LogP) is 5.03. The largest absolute Gasteiger partial charge is 0.334 e. The molecule has 0 N–H and O–H groups in total. The molecule has 1 amide bonds. The standard InChI is InChI=1S/C26H34N4O2S2/c1-18(2)28(19(3)4)14-15-30-25(32)20-9-5-6-10-21(20)27-26(30)34-17-24(31)29-13-7-11-22(29)23-12-8-16-33-23/h5-6,8-10,12,16,18-19,22H,7,11,13-15,17H2,1-4H3. The Balaban J connectivity index is 1.56. The zero-order chi connectivity index (χ0) is 24.2. The van der Waals surface area contributed by atoms with Crippen LogP contribution in [0.1, 0.15) is 51.5 Å². The number of hydrogen-bond donors (Lipinski definition) is 0. The van der Waals surface area contributed by atoms with E-state index in [9.17, 15) is 9.59 Å². The molecule has 1 aliphatic rings. The van der Waals surface area contributed by atoms with Crippen molar-refractivity contribution in [2.45, 2.75) is 70.4 Å². The molecule has 182 valence electrons. The second-order valence-electron chi connectivity index (χ2n) is 9.34. The molecule has 6 nitrogen and oxygen atoms in total. The van der Waals surface area contributed by atoms with E-state index >= 15 is 0 Å². The summed E-state index contributed by atoms with van der Waals surface area (Å²) in [5.41, 5.74) is 0.645. The lowest BCUT2D eigenvalue weighted by molar-refractivity contribution is -0.129. The molecule has 1 aliphatic heterocycles. The number of nitrogens with zero attached hydrogens (tertiary/aromatic N) is 4. The Kier molecular flexibility index (Phi) is 8.11. The predicted molar refractivity (Wildman–Crippen MR) is 142 cm³/mol. The summed E-state index contributed by atoms with van der Waals surface area (Å²) >= 11 is 3.10. The van der Waals surface area contributed by atoms with Crippen LogP contribution >= 0.6 is 23.1 Å². The number of likely N-dealkylation sites (tertiary alicyclic amines) is 1. The maximum Gasteiger partial charge on any atom is 0.262 e. The van der Waals surface area contributed by atoms with Crippen molar-refractivity contribution in [1.29, 1.82) is 0 Å². The van der Waals surface area contributed by atoms with Crippen molar-refractivity contribution in [3.63, 3.8) is 0 Å².